The lowest BCUT2D eigenvalue weighted by atomic mass is 10.0. The van der Waals surface area contributed by atoms with E-state index in [0.29, 0.717) is 23.6 Å². The van der Waals surface area contributed by atoms with Gasteiger partial charge in [-0.3, -0.25) is 9.36 Å². The smallest absolute Gasteiger partial charge is 0.167 e. The molecule has 6 heteroatoms. The Morgan fingerprint density at radius 1 is 0.909 bits per heavy atom. The van der Waals surface area contributed by atoms with Gasteiger partial charge in [-0.05, 0) is 48.9 Å². The van der Waals surface area contributed by atoms with E-state index in [1.54, 1.807) is 6.20 Å². The Hall–Kier alpha value is -4.32. The summed E-state index contributed by atoms with van der Waals surface area (Å²) < 4.78 is 1.98. The van der Waals surface area contributed by atoms with Gasteiger partial charge in [-0.2, -0.15) is 0 Å². The average Bonchev–Trinajstić information content (AvgIpc) is 3.19. The number of nitrogens with zero attached hydrogens (tertiary/aromatic N) is 4. The van der Waals surface area contributed by atoms with Crippen LogP contribution < -0.4 is 5.73 Å². The van der Waals surface area contributed by atoms with Gasteiger partial charge in [-0.1, -0.05) is 49.9 Å². The van der Waals surface area contributed by atoms with Gasteiger partial charge in [0.05, 0.1) is 5.56 Å². The maximum Gasteiger partial charge on any atom is 0.167 e. The number of nitrogen functional groups attached to an aromatic ring is 1. The maximum atomic E-state index is 12.6. The normalized spacial score (nSPS) is 10.7. The van der Waals surface area contributed by atoms with Gasteiger partial charge < -0.3 is 5.73 Å². The lowest BCUT2D eigenvalue weighted by Crippen LogP contribution is -2.04. The molecule has 33 heavy (non-hydrogen) atoms. The largest absolute Gasteiger partial charge is 0.383 e. The molecule has 6 nitrogen and oxygen atoms in total. The van der Waals surface area contributed by atoms with E-state index < -0.39 is 0 Å². The van der Waals surface area contributed by atoms with Crippen molar-refractivity contribution in [2.75, 3.05) is 5.73 Å². The minimum Gasteiger partial charge on any atom is -0.383 e. The van der Waals surface area contributed by atoms with Crippen molar-refractivity contribution in [1.82, 2.24) is 19.5 Å². The number of aromatic nitrogens is 4. The molecule has 0 atom stereocenters. The van der Waals surface area contributed by atoms with Crippen LogP contribution in [0.2, 0.25) is 0 Å². The number of aryl methyl sites for hydroxylation is 1. The van der Waals surface area contributed by atoms with Crippen LogP contribution >= 0.6 is 0 Å². The first kappa shape index (κ1) is 21.9. The summed E-state index contributed by atoms with van der Waals surface area (Å²) in [4.78, 5) is 26.3. The molecule has 3 aromatic heterocycles. The first-order chi connectivity index (χ1) is 15.6. The molecule has 0 aliphatic heterocycles. The molecular weight excluding hydrogens is 410 g/mol. The van der Waals surface area contributed by atoms with Crippen molar-refractivity contribution in [1.29, 1.82) is 0 Å². The molecule has 2 aromatic carbocycles. The standard InChI is InChI=1S/C26H21N5O.CH4/c1-17-9-14-22-26(29-17)31(25(30-22)21-8-5-15-28-24(21)27)20-12-10-18(11-13-20)16-23(32)19-6-3-2-4-7-19;/h2-15H,16H2,1H3,(H2,27,28);1H4. The Balaban J connectivity index is 0.00000259. The molecule has 164 valence electrons. The van der Waals surface area contributed by atoms with Crippen molar-refractivity contribution in [3.8, 4) is 17.1 Å². The molecular formula is C27H25N5O. The third-order valence-electron chi connectivity index (χ3n) is 5.38. The summed E-state index contributed by atoms with van der Waals surface area (Å²) in [7, 11) is 0. The Kier molecular flexibility index (Phi) is 6.00. The van der Waals surface area contributed by atoms with Crippen molar-refractivity contribution >= 4 is 22.8 Å². The highest BCUT2D eigenvalue weighted by molar-refractivity contribution is 5.97. The molecule has 5 rings (SSSR count). The van der Waals surface area contributed by atoms with Crippen LogP contribution in [0.1, 0.15) is 29.0 Å². The summed E-state index contributed by atoms with van der Waals surface area (Å²) in [6.07, 6.45) is 2.00. The van der Waals surface area contributed by atoms with Crippen molar-refractivity contribution in [3.63, 3.8) is 0 Å². The summed E-state index contributed by atoms with van der Waals surface area (Å²) in [5.41, 5.74) is 11.9. The third kappa shape index (κ3) is 4.23. The second-order valence-corrected chi connectivity index (χ2v) is 7.63. The Morgan fingerprint density at radius 2 is 1.67 bits per heavy atom. The molecule has 0 fully saturated rings. The van der Waals surface area contributed by atoms with E-state index in [1.165, 1.54) is 0 Å². The number of anilines is 1. The fourth-order valence-electron chi connectivity index (χ4n) is 3.76. The van der Waals surface area contributed by atoms with Crippen LogP contribution in [-0.4, -0.2) is 25.3 Å². The molecule has 0 aliphatic carbocycles. The van der Waals surface area contributed by atoms with Crippen molar-refractivity contribution in [3.05, 3.63) is 102 Å². The zero-order valence-corrected chi connectivity index (χ0v) is 17.6. The van der Waals surface area contributed by atoms with Crippen molar-refractivity contribution in [2.45, 2.75) is 20.8 Å². The van der Waals surface area contributed by atoms with Gasteiger partial charge in [-0.15, -0.1) is 0 Å². The first-order valence-corrected chi connectivity index (χ1v) is 10.3. The van der Waals surface area contributed by atoms with Crippen LogP contribution in [-0.2, 0) is 6.42 Å². The number of Topliss-reactive ketones (excluding diaryl/α,β-unsaturated/α-hetero) is 1. The molecule has 0 amide bonds. The minimum atomic E-state index is 0. The number of benzene rings is 2. The number of hydrogen-bond donors (Lipinski definition) is 1. The van der Waals surface area contributed by atoms with Gasteiger partial charge in [0, 0.05) is 29.6 Å². The van der Waals surface area contributed by atoms with Crippen LogP contribution in [0.15, 0.2) is 85.1 Å². The summed E-state index contributed by atoms with van der Waals surface area (Å²) in [5.74, 6) is 1.18. The molecule has 0 bridgehead atoms. The van der Waals surface area contributed by atoms with Gasteiger partial charge in [-0.25, -0.2) is 15.0 Å². The van der Waals surface area contributed by atoms with Crippen LogP contribution in [0, 0.1) is 6.92 Å². The summed E-state index contributed by atoms with van der Waals surface area (Å²) in [6, 6.07) is 24.9. The van der Waals surface area contributed by atoms with Crippen molar-refractivity contribution in [2.24, 2.45) is 0 Å². The van der Waals surface area contributed by atoms with Gasteiger partial charge in [0.15, 0.2) is 17.3 Å². The van der Waals surface area contributed by atoms with Crippen molar-refractivity contribution < 1.29 is 4.79 Å². The van der Waals surface area contributed by atoms with E-state index in [1.807, 2.05) is 90.4 Å². The summed E-state index contributed by atoms with van der Waals surface area (Å²) >= 11 is 0. The van der Waals surface area contributed by atoms with E-state index >= 15 is 0 Å². The van der Waals surface area contributed by atoms with Crippen LogP contribution in [0.5, 0.6) is 0 Å². The number of ketones is 1. The third-order valence-corrected chi connectivity index (χ3v) is 5.38. The number of carbonyl (C=O) groups is 1. The van der Waals surface area contributed by atoms with E-state index in [2.05, 4.69) is 4.98 Å². The average molecular weight is 436 g/mol. The monoisotopic (exact) mass is 435 g/mol. The number of imidazole rings is 1. The Morgan fingerprint density at radius 3 is 2.39 bits per heavy atom. The zero-order chi connectivity index (χ0) is 22.1. The molecule has 0 unspecified atom stereocenters. The number of fused-ring (bicyclic) bond motifs is 1. The molecule has 0 spiro atoms. The van der Waals surface area contributed by atoms with Crippen LogP contribution in [0.25, 0.3) is 28.2 Å². The molecule has 0 saturated carbocycles. The topological polar surface area (TPSA) is 86.7 Å². The van der Waals surface area contributed by atoms with E-state index in [9.17, 15) is 4.79 Å². The van der Waals surface area contributed by atoms with Gasteiger partial charge in [0.25, 0.3) is 0 Å². The number of carbonyl (C=O) groups excluding carboxylic acids is 1. The molecule has 3 heterocycles. The van der Waals surface area contributed by atoms with Crippen LogP contribution in [0.3, 0.4) is 0 Å². The second-order valence-electron chi connectivity index (χ2n) is 7.63. The predicted octanol–water partition coefficient (Wildman–Crippen LogP) is 5.43. The second kappa shape index (κ2) is 9.04. The highest BCUT2D eigenvalue weighted by atomic mass is 16.1. The quantitative estimate of drug-likeness (QED) is 0.372. The molecule has 0 saturated heterocycles. The van der Waals surface area contributed by atoms with Crippen LogP contribution in [0.4, 0.5) is 5.82 Å². The van der Waals surface area contributed by atoms with Gasteiger partial charge in [0.2, 0.25) is 0 Å². The fourth-order valence-corrected chi connectivity index (χ4v) is 3.76. The lowest BCUT2D eigenvalue weighted by molar-refractivity contribution is 0.0993. The van der Waals surface area contributed by atoms with Gasteiger partial charge in [0.1, 0.15) is 11.3 Å². The van der Waals surface area contributed by atoms with E-state index in [0.717, 1.165) is 33.7 Å². The predicted molar refractivity (Wildman–Crippen MR) is 132 cm³/mol. The number of pyridine rings is 2. The highest BCUT2D eigenvalue weighted by Gasteiger charge is 2.18. The molecule has 5 aromatic rings. The number of rotatable bonds is 5. The summed E-state index contributed by atoms with van der Waals surface area (Å²) in [6.45, 7) is 1.95. The number of nitrogens with two attached hydrogens (primary N) is 1. The number of hydrogen-bond acceptors (Lipinski definition) is 5. The first-order valence-electron chi connectivity index (χ1n) is 10.3. The molecule has 0 aliphatic rings. The maximum absolute atomic E-state index is 12.6. The summed E-state index contributed by atoms with van der Waals surface area (Å²) in [5, 5.41) is 0. The fraction of sp³-hybridized carbons (Fsp3) is 0.111. The van der Waals surface area contributed by atoms with E-state index in [4.69, 9.17) is 15.7 Å². The van der Waals surface area contributed by atoms with E-state index in [-0.39, 0.29) is 13.2 Å². The Bertz CT molecular complexity index is 1420. The zero-order valence-electron chi connectivity index (χ0n) is 17.6. The van der Waals surface area contributed by atoms with Gasteiger partial charge >= 0.3 is 0 Å². The SMILES string of the molecule is C.Cc1ccc2nc(-c3cccnc3N)n(-c3ccc(CC(=O)c4ccccc4)cc3)c2n1. The molecule has 0 radical (unpaired) electrons. The highest BCUT2D eigenvalue weighted by Crippen LogP contribution is 2.30. The lowest BCUT2D eigenvalue weighted by Gasteiger charge is -2.11. The Labute approximate surface area is 192 Å². The minimum absolute atomic E-state index is 0. The molecule has 2 N–H and O–H groups in total.